The molecule has 7 nitrogen and oxygen atoms in total. The summed E-state index contributed by atoms with van der Waals surface area (Å²) in [5.41, 5.74) is 1.26. The Morgan fingerprint density at radius 3 is 2.76 bits per heavy atom. The Hall–Kier alpha value is -2.05. The van der Waals surface area contributed by atoms with E-state index in [4.69, 9.17) is 4.99 Å². The van der Waals surface area contributed by atoms with Crippen LogP contribution in [0, 0.1) is 5.92 Å². The fourth-order valence-corrected chi connectivity index (χ4v) is 3.21. The maximum atomic E-state index is 11.5. The number of aryl methyl sites for hydroxylation is 2. The molecular formula is C18H32N6O. The van der Waals surface area contributed by atoms with Crippen molar-refractivity contribution < 1.29 is 4.79 Å². The number of nitrogens with zero attached hydrogens (tertiary/aromatic N) is 4. The van der Waals surface area contributed by atoms with Crippen LogP contribution in [0.15, 0.2) is 17.4 Å². The summed E-state index contributed by atoms with van der Waals surface area (Å²) in [5, 5.41) is 10.3. The molecule has 1 fully saturated rings. The average Bonchev–Trinajstić information content (AvgIpc) is 3.03. The molecule has 2 N–H and O–H groups in total. The maximum absolute atomic E-state index is 11.5. The van der Waals surface area contributed by atoms with Crippen molar-refractivity contribution in [2.24, 2.45) is 18.0 Å². The fraction of sp³-hybridized carbons (Fsp3) is 0.722. The fourth-order valence-electron chi connectivity index (χ4n) is 3.21. The van der Waals surface area contributed by atoms with Gasteiger partial charge in [0.25, 0.3) is 0 Å². The van der Waals surface area contributed by atoms with Crippen molar-refractivity contribution in [1.82, 2.24) is 25.3 Å². The molecule has 1 amide bonds. The zero-order chi connectivity index (χ0) is 18.1. The number of amides is 1. The molecule has 0 aliphatic carbocycles. The lowest BCUT2D eigenvalue weighted by Gasteiger charge is -2.34. The van der Waals surface area contributed by atoms with Crippen LogP contribution in [0.2, 0.25) is 0 Å². The highest BCUT2D eigenvalue weighted by atomic mass is 16.1. The molecule has 1 aromatic heterocycles. The smallest absolute Gasteiger partial charge is 0.220 e. The predicted octanol–water partition coefficient (Wildman–Crippen LogP) is 1.17. The van der Waals surface area contributed by atoms with Crippen LogP contribution in [-0.4, -0.2) is 59.8 Å². The van der Waals surface area contributed by atoms with E-state index in [-0.39, 0.29) is 5.91 Å². The summed E-state index contributed by atoms with van der Waals surface area (Å²) in [7, 11) is 3.65. The predicted molar refractivity (Wildman–Crippen MR) is 100 cm³/mol. The molecule has 0 unspecified atom stereocenters. The van der Waals surface area contributed by atoms with Crippen LogP contribution in [-0.2, 0) is 18.3 Å². The Bertz CT molecular complexity index is 560. The van der Waals surface area contributed by atoms with E-state index in [1.807, 2.05) is 17.9 Å². The van der Waals surface area contributed by atoms with Gasteiger partial charge in [-0.25, -0.2) is 0 Å². The Morgan fingerprint density at radius 2 is 2.16 bits per heavy atom. The molecule has 1 aliphatic heterocycles. The van der Waals surface area contributed by atoms with Crippen LogP contribution >= 0.6 is 0 Å². The summed E-state index contributed by atoms with van der Waals surface area (Å²) in [5.74, 6) is 1.64. The molecule has 0 saturated carbocycles. The Morgan fingerprint density at radius 1 is 1.40 bits per heavy atom. The van der Waals surface area contributed by atoms with E-state index in [0.717, 1.165) is 57.8 Å². The molecule has 7 heteroatoms. The van der Waals surface area contributed by atoms with Gasteiger partial charge in [-0.1, -0.05) is 0 Å². The Kier molecular flexibility index (Phi) is 7.76. The van der Waals surface area contributed by atoms with E-state index in [0.29, 0.717) is 12.3 Å². The maximum Gasteiger partial charge on any atom is 0.220 e. The molecule has 0 bridgehead atoms. The third kappa shape index (κ3) is 6.40. The number of hydrogen-bond donors (Lipinski definition) is 2. The molecule has 1 aliphatic rings. The van der Waals surface area contributed by atoms with E-state index in [1.165, 1.54) is 5.56 Å². The molecule has 1 aromatic rings. The van der Waals surface area contributed by atoms with Crippen molar-refractivity contribution >= 4 is 11.9 Å². The molecule has 0 radical (unpaired) electrons. The van der Waals surface area contributed by atoms with E-state index in [1.54, 1.807) is 7.05 Å². The van der Waals surface area contributed by atoms with Gasteiger partial charge in [0, 0.05) is 52.9 Å². The number of rotatable bonds is 7. The van der Waals surface area contributed by atoms with Gasteiger partial charge in [0.05, 0.1) is 6.20 Å². The second kappa shape index (κ2) is 10.1. The van der Waals surface area contributed by atoms with Gasteiger partial charge in [-0.05, 0) is 44.1 Å². The van der Waals surface area contributed by atoms with Crippen molar-refractivity contribution in [3.63, 3.8) is 0 Å². The third-order valence-corrected chi connectivity index (χ3v) is 4.65. The second-order valence-corrected chi connectivity index (χ2v) is 6.67. The normalized spacial score (nSPS) is 16.1. The van der Waals surface area contributed by atoms with Crippen LogP contribution in [0.5, 0.6) is 0 Å². The van der Waals surface area contributed by atoms with Crippen molar-refractivity contribution in [1.29, 1.82) is 0 Å². The first-order valence-corrected chi connectivity index (χ1v) is 9.33. The monoisotopic (exact) mass is 348 g/mol. The van der Waals surface area contributed by atoms with Gasteiger partial charge >= 0.3 is 0 Å². The van der Waals surface area contributed by atoms with Gasteiger partial charge in [0.1, 0.15) is 0 Å². The van der Waals surface area contributed by atoms with Gasteiger partial charge in [0.15, 0.2) is 5.96 Å². The highest BCUT2D eigenvalue weighted by Gasteiger charge is 2.22. The first kappa shape index (κ1) is 19.3. The van der Waals surface area contributed by atoms with Gasteiger partial charge in [-0.3, -0.25) is 14.5 Å². The van der Waals surface area contributed by atoms with E-state index in [2.05, 4.69) is 33.8 Å². The van der Waals surface area contributed by atoms with Crippen molar-refractivity contribution in [3.8, 4) is 0 Å². The van der Waals surface area contributed by atoms with Crippen LogP contribution in [0.25, 0.3) is 0 Å². The molecule has 0 aromatic carbocycles. The van der Waals surface area contributed by atoms with Gasteiger partial charge in [-0.2, -0.15) is 5.10 Å². The number of guanidine groups is 1. The van der Waals surface area contributed by atoms with Crippen LogP contribution < -0.4 is 10.6 Å². The highest BCUT2D eigenvalue weighted by Crippen LogP contribution is 2.20. The highest BCUT2D eigenvalue weighted by molar-refractivity contribution is 5.80. The molecule has 2 rings (SSSR count). The van der Waals surface area contributed by atoms with Crippen molar-refractivity contribution in [2.75, 3.05) is 33.2 Å². The summed E-state index contributed by atoms with van der Waals surface area (Å²) in [6.45, 7) is 5.73. The lowest BCUT2D eigenvalue weighted by atomic mass is 9.93. The molecular weight excluding hydrogens is 316 g/mol. The number of carbonyl (C=O) groups is 1. The quantitative estimate of drug-likeness (QED) is 0.441. The zero-order valence-corrected chi connectivity index (χ0v) is 15.8. The molecule has 140 valence electrons. The van der Waals surface area contributed by atoms with Gasteiger partial charge in [0.2, 0.25) is 5.91 Å². The molecule has 0 spiro atoms. The standard InChI is InChI=1S/C18H32N6O/c1-4-20-18(21-9-5-6-16-13-22-23(3)14-16)24-10-7-15(8-11-24)12-17(25)19-2/h13-15H,4-12H2,1-3H3,(H,19,25)(H,20,21). The van der Waals surface area contributed by atoms with Crippen LogP contribution in [0.4, 0.5) is 0 Å². The average molecular weight is 348 g/mol. The molecule has 25 heavy (non-hydrogen) atoms. The summed E-state index contributed by atoms with van der Waals surface area (Å²) < 4.78 is 1.84. The third-order valence-electron chi connectivity index (χ3n) is 4.65. The Labute approximate surface area is 150 Å². The summed E-state index contributed by atoms with van der Waals surface area (Å²) in [6, 6.07) is 0. The summed E-state index contributed by atoms with van der Waals surface area (Å²) >= 11 is 0. The number of aromatic nitrogens is 2. The minimum absolute atomic E-state index is 0.148. The molecule has 1 saturated heterocycles. The summed E-state index contributed by atoms with van der Waals surface area (Å²) in [6.07, 6.45) is 8.75. The van der Waals surface area contributed by atoms with Gasteiger partial charge in [-0.15, -0.1) is 0 Å². The molecule has 0 atom stereocenters. The van der Waals surface area contributed by atoms with Crippen LogP contribution in [0.3, 0.4) is 0 Å². The second-order valence-electron chi connectivity index (χ2n) is 6.67. The number of likely N-dealkylation sites (tertiary alicyclic amines) is 1. The first-order valence-electron chi connectivity index (χ1n) is 9.33. The lowest BCUT2D eigenvalue weighted by Crippen LogP contribution is -2.46. The Balaban J connectivity index is 1.78. The largest absolute Gasteiger partial charge is 0.359 e. The van der Waals surface area contributed by atoms with Crippen LogP contribution in [0.1, 0.15) is 38.2 Å². The zero-order valence-electron chi connectivity index (χ0n) is 15.8. The SMILES string of the molecule is CCNC(=NCCCc1cnn(C)c1)N1CCC(CC(=O)NC)CC1. The van der Waals surface area contributed by atoms with Gasteiger partial charge < -0.3 is 15.5 Å². The van der Waals surface area contributed by atoms with E-state index < -0.39 is 0 Å². The lowest BCUT2D eigenvalue weighted by molar-refractivity contribution is -0.121. The topological polar surface area (TPSA) is 74.5 Å². The number of piperidine rings is 1. The number of hydrogen-bond acceptors (Lipinski definition) is 3. The van der Waals surface area contributed by atoms with Crippen molar-refractivity contribution in [3.05, 3.63) is 18.0 Å². The van der Waals surface area contributed by atoms with E-state index >= 15 is 0 Å². The summed E-state index contributed by atoms with van der Waals surface area (Å²) in [4.78, 5) is 18.6. The minimum atomic E-state index is 0.148. The number of nitrogens with one attached hydrogen (secondary N) is 2. The molecule has 2 heterocycles. The minimum Gasteiger partial charge on any atom is -0.359 e. The van der Waals surface area contributed by atoms with E-state index in [9.17, 15) is 4.79 Å². The number of carbonyl (C=O) groups excluding carboxylic acids is 1. The van der Waals surface area contributed by atoms with Crippen molar-refractivity contribution in [2.45, 2.75) is 39.0 Å². The number of aliphatic imine (C=N–C) groups is 1. The first-order chi connectivity index (χ1) is 12.1.